The molecule has 1 nitrogen and oxygen atoms in total. The normalized spacial score (nSPS) is 13.7. The number of ether oxygens (including phenoxy) is 1. The minimum atomic E-state index is -1.20. The minimum absolute atomic E-state index is 0.0131. The monoisotopic (exact) mass is 344 g/mol. The van der Waals surface area contributed by atoms with Crippen molar-refractivity contribution in [2.24, 2.45) is 5.92 Å². The zero-order valence-electron chi connectivity index (χ0n) is 13.1. The molecule has 1 unspecified atom stereocenters. The first-order chi connectivity index (χ1) is 9.52. The van der Waals surface area contributed by atoms with Gasteiger partial charge in [-0.25, -0.2) is 0 Å². The Morgan fingerprint density at radius 1 is 0.800 bits per heavy atom. The average Bonchev–Trinajstić information content (AvgIpc) is 2.38. The van der Waals surface area contributed by atoms with Crippen molar-refractivity contribution in [2.45, 2.75) is 81.8 Å². The van der Waals surface area contributed by atoms with Crippen molar-refractivity contribution < 1.29 is 4.74 Å². The maximum absolute atomic E-state index is 6.03. The molecule has 0 saturated heterocycles. The lowest BCUT2D eigenvalue weighted by Crippen LogP contribution is -2.24. The Morgan fingerprint density at radius 3 is 1.95 bits per heavy atom. The second-order valence-corrected chi connectivity index (χ2v) is 7.95. The largest absolute Gasteiger partial charge is 0.381 e. The number of alkyl halides is 3. The molecule has 0 amide bonds. The van der Waals surface area contributed by atoms with Crippen LogP contribution in [0.4, 0.5) is 0 Å². The smallest absolute Gasteiger partial charge is 0.195 e. The van der Waals surface area contributed by atoms with E-state index in [2.05, 4.69) is 13.8 Å². The first-order valence-electron chi connectivity index (χ1n) is 8.16. The molecule has 0 aromatic rings. The summed E-state index contributed by atoms with van der Waals surface area (Å²) in [5, 5.41) is 0. The Labute approximate surface area is 140 Å². The van der Waals surface area contributed by atoms with Crippen LogP contribution >= 0.6 is 34.8 Å². The third-order valence-electron chi connectivity index (χ3n) is 3.58. The lowest BCUT2D eigenvalue weighted by atomic mass is 10.0. The Hall–Kier alpha value is 0.830. The maximum atomic E-state index is 6.03. The van der Waals surface area contributed by atoms with Gasteiger partial charge in [-0.1, -0.05) is 100 Å². The molecule has 0 bridgehead atoms. The molecular weight excluding hydrogens is 315 g/mol. The second kappa shape index (κ2) is 13.5. The van der Waals surface area contributed by atoms with Gasteiger partial charge in [0.2, 0.25) is 0 Å². The van der Waals surface area contributed by atoms with Crippen LogP contribution in [0.5, 0.6) is 0 Å². The number of hydrogen-bond donors (Lipinski definition) is 0. The van der Waals surface area contributed by atoms with Crippen LogP contribution < -0.4 is 0 Å². The summed E-state index contributed by atoms with van der Waals surface area (Å²) in [5.74, 6) is 0.0131. The predicted octanol–water partition coefficient (Wildman–Crippen LogP) is 6.93. The van der Waals surface area contributed by atoms with Gasteiger partial charge in [0.25, 0.3) is 0 Å². The standard InChI is InChI=1S/C16H31Cl3O/c1-3-5-7-8-9-11-13-20-14-15(16(17,18)19)12-10-6-4-2/h15H,3-14H2,1-2H3. The Balaban J connectivity index is 3.64. The summed E-state index contributed by atoms with van der Waals surface area (Å²) >= 11 is 18.1. The van der Waals surface area contributed by atoms with E-state index < -0.39 is 3.79 Å². The summed E-state index contributed by atoms with van der Waals surface area (Å²) in [6, 6.07) is 0. The highest BCUT2D eigenvalue weighted by Crippen LogP contribution is 2.38. The molecule has 0 N–H and O–H groups in total. The third kappa shape index (κ3) is 12.6. The van der Waals surface area contributed by atoms with Gasteiger partial charge in [0.1, 0.15) is 0 Å². The van der Waals surface area contributed by atoms with E-state index in [4.69, 9.17) is 39.5 Å². The molecule has 0 heterocycles. The van der Waals surface area contributed by atoms with Crippen LogP contribution in [0.2, 0.25) is 0 Å². The van der Waals surface area contributed by atoms with Gasteiger partial charge < -0.3 is 4.74 Å². The SMILES string of the molecule is CCCCCCCCOCC(CCCCC)C(Cl)(Cl)Cl. The molecule has 0 spiro atoms. The lowest BCUT2D eigenvalue weighted by molar-refractivity contribution is 0.0931. The van der Waals surface area contributed by atoms with Crippen LogP contribution in [-0.4, -0.2) is 17.0 Å². The van der Waals surface area contributed by atoms with E-state index in [0.29, 0.717) is 6.61 Å². The first-order valence-corrected chi connectivity index (χ1v) is 9.30. The fraction of sp³-hybridized carbons (Fsp3) is 1.00. The van der Waals surface area contributed by atoms with E-state index in [1.165, 1.54) is 44.9 Å². The fourth-order valence-electron chi connectivity index (χ4n) is 2.19. The van der Waals surface area contributed by atoms with Crippen molar-refractivity contribution in [1.29, 1.82) is 0 Å². The summed E-state index contributed by atoms with van der Waals surface area (Å²) in [5.41, 5.74) is 0. The van der Waals surface area contributed by atoms with Crippen molar-refractivity contribution in [3.05, 3.63) is 0 Å². The van der Waals surface area contributed by atoms with Crippen LogP contribution in [0.25, 0.3) is 0 Å². The molecule has 0 fully saturated rings. The minimum Gasteiger partial charge on any atom is -0.381 e. The number of unbranched alkanes of at least 4 members (excludes halogenated alkanes) is 7. The molecule has 0 saturated carbocycles. The van der Waals surface area contributed by atoms with Gasteiger partial charge >= 0.3 is 0 Å². The van der Waals surface area contributed by atoms with Gasteiger partial charge in [-0.3, -0.25) is 0 Å². The van der Waals surface area contributed by atoms with Gasteiger partial charge in [-0.15, -0.1) is 0 Å². The van der Waals surface area contributed by atoms with Crippen LogP contribution in [0.3, 0.4) is 0 Å². The Morgan fingerprint density at radius 2 is 1.35 bits per heavy atom. The lowest BCUT2D eigenvalue weighted by Gasteiger charge is -2.24. The molecule has 0 radical (unpaired) electrons. The topological polar surface area (TPSA) is 9.23 Å². The molecule has 122 valence electrons. The second-order valence-electron chi connectivity index (χ2n) is 5.58. The third-order valence-corrected chi connectivity index (χ3v) is 4.51. The van der Waals surface area contributed by atoms with E-state index in [-0.39, 0.29) is 5.92 Å². The van der Waals surface area contributed by atoms with Crippen molar-refractivity contribution in [2.75, 3.05) is 13.2 Å². The van der Waals surface area contributed by atoms with Gasteiger partial charge in [0.05, 0.1) is 6.61 Å². The highest BCUT2D eigenvalue weighted by Gasteiger charge is 2.31. The number of halogens is 3. The fourth-order valence-corrected chi connectivity index (χ4v) is 2.71. The maximum Gasteiger partial charge on any atom is 0.195 e. The molecule has 0 aromatic heterocycles. The first kappa shape index (κ1) is 20.8. The van der Waals surface area contributed by atoms with E-state index in [0.717, 1.165) is 25.9 Å². The zero-order chi connectivity index (χ0) is 15.3. The van der Waals surface area contributed by atoms with Crippen LogP contribution in [0.1, 0.15) is 78.1 Å². The summed E-state index contributed by atoms with van der Waals surface area (Å²) in [6.45, 7) is 5.77. The van der Waals surface area contributed by atoms with Gasteiger partial charge in [-0.2, -0.15) is 0 Å². The van der Waals surface area contributed by atoms with E-state index in [9.17, 15) is 0 Å². The highest BCUT2D eigenvalue weighted by molar-refractivity contribution is 6.67. The van der Waals surface area contributed by atoms with Crippen molar-refractivity contribution >= 4 is 34.8 Å². The van der Waals surface area contributed by atoms with Gasteiger partial charge in [0, 0.05) is 12.5 Å². The van der Waals surface area contributed by atoms with Crippen LogP contribution in [0, 0.1) is 5.92 Å². The predicted molar refractivity (Wildman–Crippen MR) is 92.1 cm³/mol. The molecule has 0 rings (SSSR count). The molecule has 0 aliphatic rings. The molecular formula is C16H31Cl3O. The molecule has 0 aliphatic carbocycles. The van der Waals surface area contributed by atoms with Gasteiger partial charge in [0.15, 0.2) is 3.79 Å². The van der Waals surface area contributed by atoms with Crippen molar-refractivity contribution in [3.8, 4) is 0 Å². The van der Waals surface area contributed by atoms with E-state index >= 15 is 0 Å². The number of hydrogen-bond acceptors (Lipinski definition) is 1. The highest BCUT2D eigenvalue weighted by atomic mass is 35.6. The van der Waals surface area contributed by atoms with Crippen molar-refractivity contribution in [1.82, 2.24) is 0 Å². The Bertz CT molecular complexity index is 204. The van der Waals surface area contributed by atoms with Crippen molar-refractivity contribution in [3.63, 3.8) is 0 Å². The average molecular weight is 346 g/mol. The summed E-state index contributed by atoms with van der Waals surface area (Å²) < 4.78 is 4.51. The Kier molecular flexibility index (Phi) is 14.0. The summed E-state index contributed by atoms with van der Waals surface area (Å²) in [6.07, 6.45) is 12.0. The molecule has 1 atom stereocenters. The summed E-state index contributed by atoms with van der Waals surface area (Å²) in [7, 11) is 0. The summed E-state index contributed by atoms with van der Waals surface area (Å²) in [4.78, 5) is 0. The van der Waals surface area contributed by atoms with E-state index in [1.54, 1.807) is 0 Å². The quantitative estimate of drug-likeness (QED) is 0.260. The van der Waals surface area contributed by atoms with Crippen LogP contribution in [0.15, 0.2) is 0 Å². The number of rotatable bonds is 13. The van der Waals surface area contributed by atoms with Gasteiger partial charge in [-0.05, 0) is 12.8 Å². The molecule has 20 heavy (non-hydrogen) atoms. The molecule has 0 aliphatic heterocycles. The van der Waals surface area contributed by atoms with E-state index in [1.807, 2.05) is 0 Å². The zero-order valence-corrected chi connectivity index (χ0v) is 15.4. The molecule has 4 heteroatoms. The van der Waals surface area contributed by atoms with Crippen LogP contribution in [-0.2, 0) is 4.74 Å². The molecule has 0 aromatic carbocycles.